The first-order valence-corrected chi connectivity index (χ1v) is 11.0. The van der Waals surface area contributed by atoms with Gasteiger partial charge in [0.1, 0.15) is 19.2 Å². The van der Waals surface area contributed by atoms with E-state index < -0.39 is 0 Å². The van der Waals surface area contributed by atoms with Crippen LogP contribution in [-0.4, -0.2) is 40.4 Å². The molecule has 0 saturated carbocycles. The van der Waals surface area contributed by atoms with Crippen molar-refractivity contribution in [2.24, 2.45) is 0 Å². The Kier molecular flexibility index (Phi) is 4.85. The Labute approximate surface area is 183 Å². The molecule has 1 aliphatic rings. The molecular weight excluding hydrogens is 412 g/mol. The van der Waals surface area contributed by atoms with Crippen LogP contribution in [0.3, 0.4) is 0 Å². The van der Waals surface area contributed by atoms with Crippen molar-refractivity contribution in [2.45, 2.75) is 46.2 Å². The number of nitrogens with zero attached hydrogens (tertiary/aromatic N) is 7. The van der Waals surface area contributed by atoms with Crippen LogP contribution in [0.5, 0.6) is 0 Å². The number of aromatic nitrogens is 7. The molecule has 4 aromatic rings. The molecule has 0 atom stereocenters. The maximum absolute atomic E-state index is 12.4. The molecule has 1 amide bonds. The van der Waals surface area contributed by atoms with Gasteiger partial charge in [-0.15, -0.1) is 0 Å². The van der Waals surface area contributed by atoms with Crippen molar-refractivity contribution in [1.29, 1.82) is 0 Å². The highest BCUT2D eigenvalue weighted by Gasteiger charge is 2.30. The summed E-state index contributed by atoms with van der Waals surface area (Å²) in [4.78, 5) is 26.5. The SMILES string of the molecule is Cc1ccc(-c2nn(C(C)C)c3c2CCc2nc(NC(=O)Cn4cncn4)sc2-3)cn1. The number of anilines is 1. The summed E-state index contributed by atoms with van der Waals surface area (Å²) in [7, 11) is 0. The Hall–Kier alpha value is -3.40. The number of carbonyl (C=O) groups excluding carboxylic acids is 1. The summed E-state index contributed by atoms with van der Waals surface area (Å²) in [6, 6.07) is 4.28. The Balaban J connectivity index is 1.51. The molecule has 0 aromatic carbocycles. The Morgan fingerprint density at radius 1 is 1.29 bits per heavy atom. The Morgan fingerprint density at radius 2 is 2.16 bits per heavy atom. The zero-order chi connectivity index (χ0) is 21.5. The molecule has 1 aliphatic carbocycles. The van der Waals surface area contributed by atoms with Gasteiger partial charge in [-0.2, -0.15) is 10.2 Å². The van der Waals surface area contributed by atoms with Crippen LogP contribution >= 0.6 is 11.3 Å². The molecule has 9 nitrogen and oxygen atoms in total. The van der Waals surface area contributed by atoms with E-state index in [9.17, 15) is 4.79 Å². The van der Waals surface area contributed by atoms with Gasteiger partial charge in [0, 0.05) is 29.1 Å². The number of rotatable bonds is 5. The van der Waals surface area contributed by atoms with Gasteiger partial charge in [0.15, 0.2) is 5.13 Å². The Bertz CT molecular complexity index is 1240. The summed E-state index contributed by atoms with van der Waals surface area (Å²) >= 11 is 1.50. The molecule has 5 rings (SSSR count). The van der Waals surface area contributed by atoms with Crippen LogP contribution in [0.25, 0.3) is 21.8 Å². The summed E-state index contributed by atoms with van der Waals surface area (Å²) in [6.07, 6.45) is 6.48. The van der Waals surface area contributed by atoms with Crippen molar-refractivity contribution in [2.75, 3.05) is 5.32 Å². The zero-order valence-electron chi connectivity index (χ0n) is 17.5. The summed E-state index contributed by atoms with van der Waals surface area (Å²) in [6.45, 7) is 6.33. The number of carbonyl (C=O) groups is 1. The maximum Gasteiger partial charge on any atom is 0.247 e. The fourth-order valence-corrected chi connectivity index (χ4v) is 4.88. The molecule has 0 aliphatic heterocycles. The van der Waals surface area contributed by atoms with E-state index >= 15 is 0 Å². The largest absolute Gasteiger partial charge is 0.300 e. The highest BCUT2D eigenvalue weighted by atomic mass is 32.1. The third kappa shape index (κ3) is 3.63. The third-order valence-corrected chi connectivity index (χ3v) is 6.25. The molecule has 0 saturated heterocycles. The van der Waals surface area contributed by atoms with E-state index in [1.54, 1.807) is 0 Å². The van der Waals surface area contributed by atoms with Crippen molar-refractivity contribution in [3.63, 3.8) is 0 Å². The number of hydrogen-bond donors (Lipinski definition) is 1. The van der Waals surface area contributed by atoms with Crippen molar-refractivity contribution >= 4 is 22.4 Å². The quantitative estimate of drug-likeness (QED) is 0.517. The molecule has 0 spiro atoms. The van der Waals surface area contributed by atoms with Crippen molar-refractivity contribution in [3.8, 4) is 21.8 Å². The summed E-state index contributed by atoms with van der Waals surface area (Å²) in [5.41, 5.74) is 6.31. The number of pyridine rings is 1. The van der Waals surface area contributed by atoms with E-state index in [0.29, 0.717) is 5.13 Å². The second-order valence-electron chi connectivity index (χ2n) is 7.84. The average molecular weight is 435 g/mol. The highest BCUT2D eigenvalue weighted by molar-refractivity contribution is 7.19. The van der Waals surface area contributed by atoms with E-state index in [4.69, 9.17) is 10.1 Å². The van der Waals surface area contributed by atoms with E-state index in [-0.39, 0.29) is 18.5 Å². The van der Waals surface area contributed by atoms with E-state index in [2.05, 4.69) is 45.0 Å². The van der Waals surface area contributed by atoms with E-state index in [0.717, 1.165) is 46.1 Å². The smallest absolute Gasteiger partial charge is 0.247 e. The maximum atomic E-state index is 12.4. The van der Waals surface area contributed by atoms with Crippen LogP contribution in [0.1, 0.15) is 36.8 Å². The van der Waals surface area contributed by atoms with Crippen LogP contribution < -0.4 is 5.32 Å². The standard InChI is InChI=1S/C21H22N8OS/c1-12(2)29-19-15(18(27-29)14-5-4-13(3)23-8-14)6-7-16-20(19)31-21(25-16)26-17(30)9-28-11-22-10-24-28/h4-5,8,10-12H,6-7,9H2,1-3H3,(H,25,26,30). The van der Waals surface area contributed by atoms with Gasteiger partial charge in [0.2, 0.25) is 5.91 Å². The molecular formula is C21H22N8OS. The predicted octanol–water partition coefficient (Wildman–Crippen LogP) is 3.29. The number of nitrogens with one attached hydrogen (secondary N) is 1. The van der Waals surface area contributed by atoms with Gasteiger partial charge in [-0.3, -0.25) is 14.5 Å². The minimum Gasteiger partial charge on any atom is -0.300 e. The lowest BCUT2D eigenvalue weighted by Gasteiger charge is -2.15. The molecule has 158 valence electrons. The number of fused-ring (bicyclic) bond motifs is 3. The normalized spacial score (nSPS) is 12.6. The number of aryl methyl sites for hydroxylation is 2. The molecule has 31 heavy (non-hydrogen) atoms. The van der Waals surface area contributed by atoms with Crippen LogP contribution in [0.4, 0.5) is 5.13 Å². The first kappa shape index (κ1) is 19.6. The lowest BCUT2D eigenvalue weighted by atomic mass is 9.95. The van der Waals surface area contributed by atoms with E-state index in [1.165, 1.54) is 34.2 Å². The molecule has 0 unspecified atom stereocenters. The van der Waals surface area contributed by atoms with Gasteiger partial charge < -0.3 is 5.32 Å². The molecule has 4 aromatic heterocycles. The van der Waals surface area contributed by atoms with E-state index in [1.807, 2.05) is 19.2 Å². The summed E-state index contributed by atoms with van der Waals surface area (Å²) in [5.74, 6) is -0.180. The Morgan fingerprint density at radius 3 is 2.87 bits per heavy atom. The third-order valence-electron chi connectivity index (χ3n) is 5.23. The van der Waals surface area contributed by atoms with Gasteiger partial charge in [-0.05, 0) is 45.7 Å². The van der Waals surface area contributed by atoms with Crippen LogP contribution in [0.2, 0.25) is 0 Å². The summed E-state index contributed by atoms with van der Waals surface area (Å²) in [5, 5.41) is 12.4. The first-order chi connectivity index (χ1) is 15.0. The lowest BCUT2D eigenvalue weighted by Crippen LogP contribution is -2.18. The molecule has 0 fully saturated rings. The minimum atomic E-state index is -0.180. The van der Waals surface area contributed by atoms with Gasteiger partial charge in [-0.25, -0.2) is 14.6 Å². The molecule has 1 N–H and O–H groups in total. The highest BCUT2D eigenvalue weighted by Crippen LogP contribution is 2.44. The van der Waals surface area contributed by atoms with Crippen molar-refractivity contribution in [1.82, 2.24) is 34.5 Å². The minimum absolute atomic E-state index is 0.101. The van der Waals surface area contributed by atoms with Gasteiger partial charge in [0.25, 0.3) is 0 Å². The average Bonchev–Trinajstić information content (AvgIpc) is 3.46. The van der Waals surface area contributed by atoms with Crippen LogP contribution in [0.15, 0.2) is 31.0 Å². The number of amides is 1. The molecule has 10 heteroatoms. The second-order valence-corrected chi connectivity index (χ2v) is 8.84. The zero-order valence-corrected chi connectivity index (χ0v) is 18.3. The summed E-state index contributed by atoms with van der Waals surface area (Å²) < 4.78 is 3.55. The van der Waals surface area contributed by atoms with Crippen LogP contribution in [-0.2, 0) is 24.2 Å². The van der Waals surface area contributed by atoms with Crippen molar-refractivity contribution < 1.29 is 4.79 Å². The van der Waals surface area contributed by atoms with Gasteiger partial charge >= 0.3 is 0 Å². The fourth-order valence-electron chi connectivity index (χ4n) is 3.78. The first-order valence-electron chi connectivity index (χ1n) is 10.2. The predicted molar refractivity (Wildman–Crippen MR) is 118 cm³/mol. The topological polar surface area (TPSA) is 103 Å². The monoisotopic (exact) mass is 434 g/mol. The number of hydrogen-bond acceptors (Lipinski definition) is 7. The van der Waals surface area contributed by atoms with Crippen LogP contribution in [0, 0.1) is 6.92 Å². The lowest BCUT2D eigenvalue weighted by molar-refractivity contribution is -0.116. The van der Waals surface area contributed by atoms with Crippen molar-refractivity contribution in [3.05, 3.63) is 47.9 Å². The molecule has 0 radical (unpaired) electrons. The second kappa shape index (κ2) is 7.69. The molecule has 0 bridgehead atoms. The molecule has 4 heterocycles. The van der Waals surface area contributed by atoms with Gasteiger partial charge in [-0.1, -0.05) is 11.3 Å². The van der Waals surface area contributed by atoms with Gasteiger partial charge in [0.05, 0.1) is 22.0 Å². The fraction of sp³-hybridized carbons (Fsp3) is 0.333. The number of thiazole rings is 1.